The summed E-state index contributed by atoms with van der Waals surface area (Å²) in [6, 6.07) is 7.73. The van der Waals surface area contributed by atoms with E-state index < -0.39 is 0 Å². The van der Waals surface area contributed by atoms with Gasteiger partial charge < -0.3 is 9.47 Å². The number of unbranched alkanes of at least 4 members (excludes halogenated alkanes) is 5. The van der Waals surface area contributed by atoms with Crippen molar-refractivity contribution in [2.75, 3.05) is 6.61 Å². The highest BCUT2D eigenvalue weighted by atomic mass is 16.6. The Morgan fingerprint density at radius 3 is 2.38 bits per heavy atom. The summed E-state index contributed by atoms with van der Waals surface area (Å²) in [7, 11) is 0. The van der Waals surface area contributed by atoms with E-state index in [0.717, 1.165) is 30.0 Å². The van der Waals surface area contributed by atoms with Crippen LogP contribution in [0.15, 0.2) is 36.7 Å². The third-order valence-electron chi connectivity index (χ3n) is 5.37. The van der Waals surface area contributed by atoms with Crippen molar-refractivity contribution < 1.29 is 14.3 Å². The number of rotatable bonds is 11. The van der Waals surface area contributed by atoms with Gasteiger partial charge in [-0.15, -0.1) is 0 Å². The van der Waals surface area contributed by atoms with E-state index in [1.54, 1.807) is 0 Å². The van der Waals surface area contributed by atoms with Crippen LogP contribution in [0.1, 0.15) is 64.4 Å². The second kappa shape index (κ2) is 10.9. The molecule has 0 radical (unpaired) electrons. The summed E-state index contributed by atoms with van der Waals surface area (Å²) in [4.78, 5) is 20.5. The van der Waals surface area contributed by atoms with Gasteiger partial charge in [0.15, 0.2) is 5.82 Å². The van der Waals surface area contributed by atoms with Crippen LogP contribution < -0.4 is 4.74 Å². The minimum atomic E-state index is -0.153. The molecule has 0 spiro atoms. The molecule has 1 aromatic heterocycles. The fourth-order valence-electron chi connectivity index (χ4n) is 3.55. The van der Waals surface area contributed by atoms with Crippen molar-refractivity contribution in [1.29, 1.82) is 0 Å². The number of cyclic esters (lactones) is 1. The first-order valence-corrected chi connectivity index (χ1v) is 10.9. The van der Waals surface area contributed by atoms with Gasteiger partial charge in [-0.3, -0.25) is 4.79 Å². The van der Waals surface area contributed by atoms with E-state index in [0.29, 0.717) is 6.61 Å². The molecule has 1 saturated heterocycles. The monoisotopic (exact) mass is 396 g/mol. The highest BCUT2D eigenvalue weighted by Crippen LogP contribution is 2.23. The molecule has 0 saturated carbocycles. The normalized spacial score (nSPS) is 18.6. The molecular weight excluding hydrogens is 364 g/mol. The lowest BCUT2D eigenvalue weighted by atomic mass is 10.1. The first-order valence-electron chi connectivity index (χ1n) is 10.9. The summed E-state index contributed by atoms with van der Waals surface area (Å²) >= 11 is 0. The average Bonchev–Trinajstić information content (AvgIpc) is 3.07. The molecule has 0 amide bonds. The number of benzene rings is 1. The fourth-order valence-corrected chi connectivity index (χ4v) is 3.55. The van der Waals surface area contributed by atoms with Crippen LogP contribution in [-0.2, 0) is 16.0 Å². The van der Waals surface area contributed by atoms with Gasteiger partial charge in [-0.05, 0) is 42.7 Å². The Kier molecular flexibility index (Phi) is 8.03. The van der Waals surface area contributed by atoms with Gasteiger partial charge in [0.25, 0.3) is 0 Å². The van der Waals surface area contributed by atoms with Gasteiger partial charge in [0.1, 0.15) is 18.5 Å². The molecule has 5 heteroatoms. The topological polar surface area (TPSA) is 61.3 Å². The van der Waals surface area contributed by atoms with Gasteiger partial charge in [0, 0.05) is 24.4 Å². The van der Waals surface area contributed by atoms with Crippen molar-refractivity contribution in [3.05, 3.63) is 42.2 Å². The largest absolute Gasteiger partial charge is 0.490 e. The van der Waals surface area contributed by atoms with Crippen LogP contribution in [0.3, 0.4) is 0 Å². The molecule has 156 valence electrons. The molecule has 2 aromatic rings. The Balaban J connectivity index is 1.44. The van der Waals surface area contributed by atoms with E-state index in [9.17, 15) is 4.79 Å². The molecule has 0 aliphatic carbocycles. The average molecular weight is 397 g/mol. The lowest BCUT2D eigenvalue weighted by Gasteiger charge is -2.11. The van der Waals surface area contributed by atoms with Crippen LogP contribution in [0.4, 0.5) is 0 Å². The number of ether oxygens (including phenoxy) is 2. The quantitative estimate of drug-likeness (QED) is 0.377. The Hall–Kier alpha value is -2.43. The second-order valence-corrected chi connectivity index (χ2v) is 7.96. The Morgan fingerprint density at radius 2 is 1.72 bits per heavy atom. The summed E-state index contributed by atoms with van der Waals surface area (Å²) < 4.78 is 11.0. The van der Waals surface area contributed by atoms with Crippen molar-refractivity contribution in [1.82, 2.24) is 9.97 Å². The standard InChI is InChI=1S/C24H32N2O3/c1-3-4-5-6-7-8-9-19-15-25-23(26-16-19)20-10-12-21(13-11-20)28-17-22-14-18(2)24(27)29-22/h10-13,15-16,18,22H,3-9,14,17H2,1-2H3/t18-,22?/m1/s1. The Morgan fingerprint density at radius 1 is 1.03 bits per heavy atom. The van der Waals surface area contributed by atoms with Crippen molar-refractivity contribution in [3.63, 3.8) is 0 Å². The van der Waals surface area contributed by atoms with Crippen molar-refractivity contribution in [3.8, 4) is 17.1 Å². The number of hydrogen-bond donors (Lipinski definition) is 0. The van der Waals surface area contributed by atoms with Crippen LogP contribution in [0.25, 0.3) is 11.4 Å². The number of esters is 1. The summed E-state index contributed by atoms with van der Waals surface area (Å²) in [5.41, 5.74) is 2.16. The minimum Gasteiger partial charge on any atom is -0.490 e. The number of hydrogen-bond acceptors (Lipinski definition) is 5. The number of carbonyl (C=O) groups is 1. The number of nitrogens with zero attached hydrogens (tertiary/aromatic N) is 2. The first-order chi connectivity index (χ1) is 14.2. The van der Waals surface area contributed by atoms with Gasteiger partial charge in [0.05, 0.1) is 5.92 Å². The SMILES string of the molecule is CCCCCCCCc1cnc(-c2ccc(OCC3C[C@@H](C)C(=O)O3)cc2)nc1. The lowest BCUT2D eigenvalue weighted by Crippen LogP contribution is -2.17. The third kappa shape index (κ3) is 6.55. The van der Waals surface area contributed by atoms with Gasteiger partial charge in [-0.25, -0.2) is 9.97 Å². The van der Waals surface area contributed by atoms with Crippen LogP contribution in [0, 0.1) is 5.92 Å². The summed E-state index contributed by atoms with van der Waals surface area (Å²) in [6.45, 7) is 4.52. The van der Waals surface area contributed by atoms with Crippen LogP contribution in [0.2, 0.25) is 0 Å². The van der Waals surface area contributed by atoms with Gasteiger partial charge >= 0.3 is 5.97 Å². The van der Waals surface area contributed by atoms with Gasteiger partial charge in [-0.1, -0.05) is 46.0 Å². The minimum absolute atomic E-state index is 0.0350. The highest BCUT2D eigenvalue weighted by Gasteiger charge is 2.31. The molecule has 1 fully saturated rings. The third-order valence-corrected chi connectivity index (χ3v) is 5.37. The number of aryl methyl sites for hydroxylation is 1. The maximum Gasteiger partial charge on any atom is 0.309 e. The molecular formula is C24H32N2O3. The Labute approximate surface area is 173 Å². The molecule has 1 aliphatic rings. The predicted molar refractivity (Wildman–Crippen MR) is 114 cm³/mol. The molecule has 1 aliphatic heterocycles. The molecule has 0 bridgehead atoms. The van der Waals surface area contributed by atoms with E-state index in [1.807, 2.05) is 43.6 Å². The first kappa shape index (κ1) is 21.3. The maximum atomic E-state index is 11.4. The molecule has 1 aromatic carbocycles. The molecule has 0 N–H and O–H groups in total. The molecule has 5 nitrogen and oxygen atoms in total. The van der Waals surface area contributed by atoms with Crippen molar-refractivity contribution in [2.45, 2.75) is 71.3 Å². The van der Waals surface area contributed by atoms with E-state index in [-0.39, 0.29) is 18.0 Å². The molecule has 2 heterocycles. The molecule has 29 heavy (non-hydrogen) atoms. The molecule has 1 unspecified atom stereocenters. The molecule has 3 rings (SSSR count). The van der Waals surface area contributed by atoms with E-state index in [4.69, 9.17) is 9.47 Å². The molecule has 2 atom stereocenters. The van der Waals surface area contributed by atoms with Crippen molar-refractivity contribution >= 4 is 5.97 Å². The predicted octanol–water partition coefficient (Wildman–Crippen LogP) is 5.38. The Bertz CT molecular complexity index is 759. The highest BCUT2D eigenvalue weighted by molar-refractivity contribution is 5.74. The van der Waals surface area contributed by atoms with Crippen LogP contribution in [0.5, 0.6) is 5.75 Å². The summed E-state index contributed by atoms with van der Waals surface area (Å²) in [5.74, 6) is 1.31. The maximum absolute atomic E-state index is 11.4. The zero-order valence-electron chi connectivity index (χ0n) is 17.6. The second-order valence-electron chi connectivity index (χ2n) is 7.96. The van der Waals surface area contributed by atoms with E-state index in [1.165, 1.54) is 44.1 Å². The number of aromatic nitrogens is 2. The van der Waals surface area contributed by atoms with Crippen LogP contribution in [-0.4, -0.2) is 28.6 Å². The fraction of sp³-hybridized carbons (Fsp3) is 0.542. The number of carbonyl (C=O) groups excluding carboxylic acids is 1. The van der Waals surface area contributed by atoms with Gasteiger partial charge in [0.2, 0.25) is 0 Å². The zero-order valence-corrected chi connectivity index (χ0v) is 17.6. The smallest absolute Gasteiger partial charge is 0.309 e. The van der Waals surface area contributed by atoms with Crippen LogP contribution >= 0.6 is 0 Å². The summed E-state index contributed by atoms with van der Waals surface area (Å²) in [5, 5.41) is 0. The van der Waals surface area contributed by atoms with E-state index >= 15 is 0 Å². The van der Waals surface area contributed by atoms with E-state index in [2.05, 4.69) is 16.9 Å². The zero-order chi connectivity index (χ0) is 20.5. The van der Waals surface area contributed by atoms with Crippen molar-refractivity contribution in [2.24, 2.45) is 5.92 Å². The summed E-state index contributed by atoms with van der Waals surface area (Å²) in [6.07, 6.45) is 13.3. The lowest BCUT2D eigenvalue weighted by molar-refractivity contribution is -0.144. The van der Waals surface area contributed by atoms with Gasteiger partial charge in [-0.2, -0.15) is 0 Å².